The maximum absolute atomic E-state index is 10.1. The van der Waals surface area contributed by atoms with Crippen LogP contribution in [0.3, 0.4) is 0 Å². The average Bonchev–Trinajstić information content (AvgIpc) is 3.20. The minimum atomic E-state index is -0.0360. The van der Waals surface area contributed by atoms with Crippen LogP contribution in [0.15, 0.2) is 53.5 Å². The molecule has 5 nitrogen and oxygen atoms in total. The van der Waals surface area contributed by atoms with E-state index in [1.165, 1.54) is 0 Å². The van der Waals surface area contributed by atoms with Crippen molar-refractivity contribution in [1.29, 1.82) is 0 Å². The Morgan fingerprint density at radius 2 is 1.88 bits per heavy atom. The topological polar surface area (TPSA) is 70.5 Å². The standard InChI is InChI=1S/C19H15N3O2/c1-24-14-8-6-12(7-9-14)18-21-17(19(23)22-18)10-13-11-20-16-5-3-2-4-15(13)16/h2-11,23H,1H3,(H,21,22)/b13-10+. The molecule has 1 aliphatic heterocycles. The van der Waals surface area contributed by atoms with E-state index in [0.717, 1.165) is 28.1 Å². The van der Waals surface area contributed by atoms with Gasteiger partial charge in [0.05, 0.1) is 12.8 Å². The van der Waals surface area contributed by atoms with Gasteiger partial charge in [-0.15, -0.1) is 0 Å². The van der Waals surface area contributed by atoms with Gasteiger partial charge in [0.15, 0.2) is 0 Å². The smallest absolute Gasteiger partial charge is 0.237 e. The molecule has 2 heterocycles. The number of hydrogen-bond acceptors (Lipinski definition) is 4. The maximum Gasteiger partial charge on any atom is 0.237 e. The van der Waals surface area contributed by atoms with E-state index in [9.17, 15) is 5.11 Å². The molecule has 0 unspecified atom stereocenters. The van der Waals surface area contributed by atoms with Crippen LogP contribution in [0, 0.1) is 0 Å². The predicted molar refractivity (Wildman–Crippen MR) is 94.7 cm³/mol. The van der Waals surface area contributed by atoms with Gasteiger partial charge >= 0.3 is 0 Å². The number of hydrogen-bond donors (Lipinski definition) is 2. The fraction of sp³-hybridized carbons (Fsp3) is 0.0526. The Kier molecular flexibility index (Phi) is 3.39. The number of imidazole rings is 1. The van der Waals surface area contributed by atoms with Crippen LogP contribution in [-0.4, -0.2) is 28.4 Å². The second-order valence-corrected chi connectivity index (χ2v) is 5.43. The minimum absolute atomic E-state index is 0.0360. The molecule has 5 heteroatoms. The highest BCUT2D eigenvalue weighted by Crippen LogP contribution is 2.33. The number of nitrogens with one attached hydrogen (secondary N) is 1. The number of allylic oxidation sites excluding steroid dienone is 1. The van der Waals surface area contributed by atoms with Gasteiger partial charge in [0, 0.05) is 22.9 Å². The number of rotatable bonds is 3. The second-order valence-electron chi connectivity index (χ2n) is 5.43. The molecule has 0 fully saturated rings. The van der Waals surface area contributed by atoms with E-state index in [1.807, 2.05) is 54.6 Å². The lowest BCUT2D eigenvalue weighted by atomic mass is 10.1. The Balaban J connectivity index is 1.69. The van der Waals surface area contributed by atoms with Crippen LogP contribution in [-0.2, 0) is 0 Å². The van der Waals surface area contributed by atoms with E-state index >= 15 is 0 Å². The molecule has 2 aromatic carbocycles. The van der Waals surface area contributed by atoms with Gasteiger partial charge < -0.3 is 14.8 Å². The van der Waals surface area contributed by atoms with Gasteiger partial charge in [-0.3, -0.25) is 4.99 Å². The quantitative estimate of drug-likeness (QED) is 0.765. The van der Waals surface area contributed by atoms with E-state index in [2.05, 4.69) is 15.0 Å². The molecule has 0 amide bonds. The number of nitrogens with zero attached hydrogens (tertiary/aromatic N) is 2. The predicted octanol–water partition coefficient (Wildman–Crippen LogP) is 4.05. The summed E-state index contributed by atoms with van der Waals surface area (Å²) in [5.41, 5.74) is 4.33. The minimum Gasteiger partial charge on any atom is -0.497 e. The van der Waals surface area contributed by atoms with Gasteiger partial charge in [-0.1, -0.05) is 18.2 Å². The zero-order valence-electron chi connectivity index (χ0n) is 13.0. The summed E-state index contributed by atoms with van der Waals surface area (Å²) in [5.74, 6) is 1.34. The van der Waals surface area contributed by atoms with Crippen LogP contribution in [0.25, 0.3) is 23.0 Å². The van der Waals surface area contributed by atoms with Crippen molar-refractivity contribution >= 4 is 23.6 Å². The number of para-hydroxylation sites is 1. The molecule has 24 heavy (non-hydrogen) atoms. The second kappa shape index (κ2) is 5.70. The SMILES string of the molecule is COc1ccc(-c2nc(O)c(/C=C3\C=Nc4ccccc43)[nH]2)cc1. The molecule has 4 rings (SSSR count). The number of methoxy groups -OCH3 is 1. The number of H-pyrrole nitrogens is 1. The molecule has 0 aliphatic carbocycles. The molecule has 0 bridgehead atoms. The van der Waals surface area contributed by atoms with Gasteiger partial charge in [0.25, 0.3) is 0 Å². The van der Waals surface area contributed by atoms with Crippen LogP contribution in [0.4, 0.5) is 5.69 Å². The van der Waals surface area contributed by atoms with Crippen molar-refractivity contribution in [1.82, 2.24) is 9.97 Å². The van der Waals surface area contributed by atoms with E-state index in [0.29, 0.717) is 11.5 Å². The number of benzene rings is 2. The lowest BCUT2D eigenvalue weighted by Crippen LogP contribution is -1.84. The molecule has 1 aromatic heterocycles. The molecule has 0 saturated heterocycles. The van der Waals surface area contributed by atoms with Gasteiger partial charge in [-0.05, 0) is 36.4 Å². The third kappa shape index (κ3) is 2.46. The summed E-state index contributed by atoms with van der Waals surface area (Å²) in [4.78, 5) is 11.7. The monoisotopic (exact) mass is 317 g/mol. The summed E-state index contributed by atoms with van der Waals surface area (Å²) >= 11 is 0. The summed E-state index contributed by atoms with van der Waals surface area (Å²) < 4.78 is 5.15. The van der Waals surface area contributed by atoms with E-state index in [4.69, 9.17) is 4.74 Å². The van der Waals surface area contributed by atoms with Crippen LogP contribution in [0.2, 0.25) is 0 Å². The summed E-state index contributed by atoms with van der Waals surface area (Å²) in [7, 11) is 1.62. The average molecular weight is 317 g/mol. The molecule has 0 saturated carbocycles. The van der Waals surface area contributed by atoms with Crippen molar-refractivity contribution in [3.8, 4) is 23.0 Å². The maximum atomic E-state index is 10.1. The number of aromatic amines is 1. The zero-order chi connectivity index (χ0) is 16.5. The highest BCUT2D eigenvalue weighted by molar-refractivity contribution is 6.21. The Bertz CT molecular complexity index is 953. The Hall–Kier alpha value is -3.34. The summed E-state index contributed by atoms with van der Waals surface area (Å²) in [5, 5.41) is 10.1. The highest BCUT2D eigenvalue weighted by atomic mass is 16.5. The number of ether oxygens (including phenoxy) is 1. The van der Waals surface area contributed by atoms with Crippen LogP contribution >= 0.6 is 0 Å². The molecule has 118 valence electrons. The Labute approximate surface area is 139 Å². The summed E-state index contributed by atoms with van der Waals surface area (Å²) in [6.07, 6.45) is 3.64. The van der Waals surface area contributed by atoms with Crippen molar-refractivity contribution < 1.29 is 9.84 Å². The first-order valence-electron chi connectivity index (χ1n) is 7.53. The Morgan fingerprint density at radius 3 is 2.67 bits per heavy atom. The fourth-order valence-corrected chi connectivity index (χ4v) is 2.67. The molecule has 1 aliphatic rings. The molecule has 0 radical (unpaired) electrons. The number of aromatic nitrogens is 2. The number of aromatic hydroxyl groups is 1. The largest absolute Gasteiger partial charge is 0.497 e. The number of aliphatic imine (C=N–C) groups is 1. The first-order valence-corrected chi connectivity index (χ1v) is 7.53. The summed E-state index contributed by atoms with van der Waals surface area (Å²) in [6.45, 7) is 0. The van der Waals surface area contributed by atoms with Crippen molar-refractivity contribution in [3.05, 3.63) is 59.8 Å². The third-order valence-electron chi connectivity index (χ3n) is 3.93. The third-order valence-corrected chi connectivity index (χ3v) is 3.93. The van der Waals surface area contributed by atoms with Gasteiger partial charge in [0.1, 0.15) is 17.3 Å². The molecule has 3 aromatic rings. The lowest BCUT2D eigenvalue weighted by Gasteiger charge is -2.00. The van der Waals surface area contributed by atoms with Gasteiger partial charge in [0.2, 0.25) is 5.88 Å². The van der Waals surface area contributed by atoms with E-state index < -0.39 is 0 Å². The lowest BCUT2D eigenvalue weighted by molar-refractivity contribution is 0.415. The fourth-order valence-electron chi connectivity index (χ4n) is 2.67. The molecular weight excluding hydrogens is 302 g/mol. The van der Waals surface area contributed by atoms with Crippen molar-refractivity contribution in [2.24, 2.45) is 4.99 Å². The van der Waals surface area contributed by atoms with Crippen molar-refractivity contribution in [3.63, 3.8) is 0 Å². The normalized spacial score (nSPS) is 14.1. The molecule has 0 atom stereocenters. The van der Waals surface area contributed by atoms with Gasteiger partial charge in [-0.25, -0.2) is 0 Å². The molecule has 0 spiro atoms. The first kappa shape index (κ1) is 14.3. The van der Waals surface area contributed by atoms with Crippen LogP contribution < -0.4 is 4.74 Å². The summed E-state index contributed by atoms with van der Waals surface area (Å²) in [6, 6.07) is 15.4. The highest BCUT2D eigenvalue weighted by Gasteiger charge is 2.14. The van der Waals surface area contributed by atoms with Crippen LogP contribution in [0.5, 0.6) is 11.6 Å². The van der Waals surface area contributed by atoms with E-state index in [1.54, 1.807) is 13.3 Å². The van der Waals surface area contributed by atoms with Gasteiger partial charge in [-0.2, -0.15) is 4.98 Å². The first-order chi connectivity index (χ1) is 11.7. The molecule has 2 N–H and O–H groups in total. The number of fused-ring (bicyclic) bond motifs is 1. The van der Waals surface area contributed by atoms with Crippen molar-refractivity contribution in [2.45, 2.75) is 0 Å². The van der Waals surface area contributed by atoms with E-state index in [-0.39, 0.29) is 5.88 Å². The Morgan fingerprint density at radius 1 is 1.08 bits per heavy atom. The van der Waals surface area contributed by atoms with Crippen LogP contribution in [0.1, 0.15) is 11.3 Å². The molecular formula is C19H15N3O2. The van der Waals surface area contributed by atoms with Crippen molar-refractivity contribution in [2.75, 3.05) is 7.11 Å². The zero-order valence-corrected chi connectivity index (χ0v) is 13.0.